The van der Waals surface area contributed by atoms with Crippen molar-refractivity contribution in [3.63, 3.8) is 0 Å². The van der Waals surface area contributed by atoms with Crippen LogP contribution < -0.4 is 5.32 Å². The molecule has 1 N–H and O–H groups in total. The van der Waals surface area contributed by atoms with Crippen LogP contribution in [0.3, 0.4) is 0 Å². The van der Waals surface area contributed by atoms with Gasteiger partial charge in [-0.05, 0) is 11.6 Å². The van der Waals surface area contributed by atoms with Crippen molar-refractivity contribution < 1.29 is 24.2 Å². The van der Waals surface area contributed by atoms with Gasteiger partial charge in [0.1, 0.15) is 0 Å². The highest BCUT2D eigenvalue weighted by Gasteiger charge is 2.28. The fraction of sp³-hybridized carbons (Fsp3) is 0. The number of halogens is 5. The van der Waals surface area contributed by atoms with Crippen molar-refractivity contribution in [1.29, 1.82) is 0 Å². The highest BCUT2D eigenvalue weighted by molar-refractivity contribution is 8.00. The summed E-state index contributed by atoms with van der Waals surface area (Å²) in [4.78, 5) is 9.25. The van der Waals surface area contributed by atoms with Gasteiger partial charge in [-0.2, -0.15) is 19.4 Å². The lowest BCUT2D eigenvalue weighted by molar-refractivity contribution is -0.111. The second kappa shape index (κ2) is 11.1. The lowest BCUT2D eigenvalue weighted by atomic mass is 10.2. The lowest BCUT2D eigenvalue weighted by Crippen LogP contribution is -2.11. The van der Waals surface area contributed by atoms with Crippen molar-refractivity contribution in [2.45, 2.75) is 24.5 Å². The molecule has 12 heteroatoms. The van der Waals surface area contributed by atoms with Gasteiger partial charge in [0.2, 0.25) is 5.91 Å². The first-order valence-corrected chi connectivity index (χ1v) is 10.4. The molecule has 0 aliphatic rings. The molecule has 0 heterocycles. The Kier molecular flexibility index (Phi) is 9.22. The summed E-state index contributed by atoms with van der Waals surface area (Å²) < 4.78 is 66.5. The Hall–Kier alpha value is -0.950. The minimum Gasteiger partial charge on any atom is -0.320 e. The number of amides is 1. The van der Waals surface area contributed by atoms with E-state index in [0.29, 0.717) is 5.56 Å². The first-order chi connectivity index (χ1) is 13.1. The van der Waals surface area contributed by atoms with Crippen LogP contribution in [0, 0.1) is 0 Å². The van der Waals surface area contributed by atoms with Crippen molar-refractivity contribution in [2.24, 2.45) is 0 Å². The predicted molar refractivity (Wildman–Crippen MR) is 105 cm³/mol. The maximum atomic E-state index is 13.4. The van der Waals surface area contributed by atoms with Gasteiger partial charge in [-0.3, -0.25) is 4.79 Å². The lowest BCUT2D eigenvalue weighted by Gasteiger charge is -2.17. The molecule has 1 amide bonds. The molecule has 0 spiro atoms. The molecule has 0 saturated carbocycles. The molecule has 0 unspecified atom stereocenters. The third kappa shape index (κ3) is 5.31. The normalized spacial score (nSPS) is 11.1. The van der Waals surface area contributed by atoms with Gasteiger partial charge in [-0.25, -0.2) is 0 Å². The van der Waals surface area contributed by atoms with Gasteiger partial charge in [-0.15, -0.1) is 0 Å². The highest BCUT2D eigenvalue weighted by Crippen LogP contribution is 2.54. The number of hydrogen-bond donors (Lipinski definition) is 1. The van der Waals surface area contributed by atoms with E-state index in [1.54, 1.807) is 30.3 Å². The maximum Gasteiger partial charge on any atom is 0.248 e. The molecular weight excluding hydrogens is 465 g/mol. The van der Waals surface area contributed by atoms with E-state index in [2.05, 4.69) is 5.32 Å². The molecule has 0 saturated heterocycles. The summed E-state index contributed by atoms with van der Waals surface area (Å²) in [5, 5.41) is 2.21. The fourth-order valence-electron chi connectivity index (χ4n) is 2.01. The number of rotatable bonds is 8. The summed E-state index contributed by atoms with van der Waals surface area (Å²) in [5.74, 6) is -0.783. The van der Waals surface area contributed by atoms with Gasteiger partial charge in [-0.1, -0.05) is 30.3 Å². The molecule has 0 aromatic heterocycles. The maximum absolute atomic E-state index is 13.4. The van der Waals surface area contributed by atoms with Gasteiger partial charge in [0.25, 0.3) is 0 Å². The zero-order valence-corrected chi connectivity index (χ0v) is 17.0. The Morgan fingerprint density at radius 1 is 0.741 bits per heavy atom. The minimum atomic E-state index is -0.783. The summed E-state index contributed by atoms with van der Waals surface area (Å²) >= 11 is -2.63. The Labute approximate surface area is 174 Å². The standard InChI is InChI=1S/C15H8F5NOS5/c16-23-11-10(21-9(22)7-6-8-4-2-1-3-5-8)12(24-17)14(26-19)15(27-20)13(11)25-18/h1-7H,(H,21,22). The van der Waals surface area contributed by atoms with Crippen molar-refractivity contribution in [3.8, 4) is 0 Å². The predicted octanol–water partition coefficient (Wildman–Crippen LogP) is 8.22. The van der Waals surface area contributed by atoms with E-state index in [-0.39, 0.29) is 0 Å². The van der Waals surface area contributed by atoms with Crippen molar-refractivity contribution in [3.05, 3.63) is 42.0 Å². The molecule has 0 radical (unpaired) electrons. The molecule has 144 valence electrons. The molecule has 2 aromatic carbocycles. The quantitative estimate of drug-likeness (QED) is 0.307. The number of carbonyl (C=O) groups is 1. The Morgan fingerprint density at radius 3 is 1.63 bits per heavy atom. The Morgan fingerprint density at radius 2 is 1.19 bits per heavy atom. The monoisotopic (exact) mass is 473 g/mol. The van der Waals surface area contributed by atoms with E-state index in [4.69, 9.17) is 0 Å². The van der Waals surface area contributed by atoms with Crippen molar-refractivity contribution in [2.75, 3.05) is 5.32 Å². The fourth-order valence-corrected chi connectivity index (χ4v) is 4.86. The van der Waals surface area contributed by atoms with Crippen LogP contribution in [0.15, 0.2) is 60.9 Å². The van der Waals surface area contributed by atoms with Crippen LogP contribution >= 0.6 is 60.7 Å². The molecular formula is C15H8F5NOS5. The zero-order valence-electron chi connectivity index (χ0n) is 12.9. The number of hydrogen-bond acceptors (Lipinski definition) is 6. The Balaban J connectivity index is 2.48. The van der Waals surface area contributed by atoms with Crippen LogP contribution in [0.2, 0.25) is 0 Å². The first kappa shape index (κ1) is 22.3. The molecule has 2 nitrogen and oxygen atoms in total. The van der Waals surface area contributed by atoms with Crippen LogP contribution in [-0.4, -0.2) is 5.91 Å². The van der Waals surface area contributed by atoms with Gasteiger partial charge >= 0.3 is 0 Å². The van der Waals surface area contributed by atoms with E-state index in [1.807, 2.05) is 0 Å². The smallest absolute Gasteiger partial charge is 0.248 e. The average molecular weight is 474 g/mol. The molecule has 2 aromatic rings. The summed E-state index contributed by atoms with van der Waals surface area (Å²) in [5.41, 5.74) is 0.216. The zero-order chi connectivity index (χ0) is 19.8. The summed E-state index contributed by atoms with van der Waals surface area (Å²) in [6, 6.07) is 8.72. The van der Waals surface area contributed by atoms with Crippen LogP contribution in [0.1, 0.15) is 5.56 Å². The van der Waals surface area contributed by atoms with Crippen LogP contribution in [-0.2, 0) is 4.79 Å². The number of benzene rings is 2. The molecule has 27 heavy (non-hydrogen) atoms. The average Bonchev–Trinajstić information content (AvgIpc) is 2.71. The minimum absolute atomic E-state index is 0.476. The summed E-state index contributed by atoms with van der Waals surface area (Å²) in [6.07, 6.45) is 2.54. The largest absolute Gasteiger partial charge is 0.320 e. The van der Waals surface area contributed by atoms with E-state index in [0.717, 1.165) is 6.08 Å². The van der Waals surface area contributed by atoms with Crippen molar-refractivity contribution in [1.82, 2.24) is 0 Å². The van der Waals surface area contributed by atoms with E-state index in [9.17, 15) is 24.2 Å². The van der Waals surface area contributed by atoms with Gasteiger partial charge in [0.15, 0.2) is 0 Å². The topological polar surface area (TPSA) is 29.1 Å². The molecule has 0 aliphatic carbocycles. The second-order valence-electron chi connectivity index (χ2n) is 4.64. The highest BCUT2D eigenvalue weighted by atomic mass is 32.2. The second-order valence-corrected chi connectivity index (χ2v) is 7.45. The third-order valence-electron chi connectivity index (χ3n) is 3.14. The van der Waals surface area contributed by atoms with Crippen LogP contribution in [0.4, 0.5) is 25.1 Å². The molecule has 2 rings (SSSR count). The van der Waals surface area contributed by atoms with Crippen molar-refractivity contribution >= 4 is 78.4 Å². The molecule has 0 aliphatic heterocycles. The Bertz CT molecular complexity index is 804. The van der Waals surface area contributed by atoms with E-state index in [1.165, 1.54) is 6.08 Å². The number of nitrogens with one attached hydrogen (secondary N) is 1. The van der Waals surface area contributed by atoms with Crippen LogP contribution in [0.5, 0.6) is 0 Å². The van der Waals surface area contributed by atoms with E-state index >= 15 is 0 Å². The molecule has 0 bridgehead atoms. The SMILES string of the molecule is O=C(C=Cc1ccccc1)Nc1c(SF)c(SF)c(SF)c(SF)c1SF. The molecule has 0 fully saturated rings. The number of anilines is 1. The summed E-state index contributed by atoms with van der Waals surface area (Å²) in [6.45, 7) is 0. The van der Waals surface area contributed by atoms with Gasteiger partial charge < -0.3 is 5.32 Å². The molecule has 0 atom stereocenters. The van der Waals surface area contributed by atoms with E-state index < -0.39 is 96.8 Å². The first-order valence-electron chi connectivity index (χ1n) is 6.82. The number of carbonyl (C=O) groups excluding carboxylic acids is 1. The van der Waals surface area contributed by atoms with Gasteiger partial charge in [0, 0.05) is 6.08 Å². The van der Waals surface area contributed by atoms with Crippen LogP contribution in [0.25, 0.3) is 6.08 Å². The van der Waals surface area contributed by atoms with Gasteiger partial charge in [0.05, 0.1) is 90.9 Å². The summed E-state index contributed by atoms with van der Waals surface area (Å²) in [7, 11) is 0. The third-order valence-corrected chi connectivity index (χ3v) is 6.47.